The third-order valence-electron chi connectivity index (χ3n) is 4.14. The standard InChI is InChI=1S/C20H24N4OS/c1-15(10-18-8-5-9-26-18)23-20(25)19(21)11-17-13-24(14-22-17)12-16-6-3-2-4-7-16/h2-9,13-15,19H,10-12,21H2,1H3,(H,23,25)/t15?,19-/m0/s1. The zero-order valence-corrected chi connectivity index (χ0v) is 15.7. The van der Waals surface area contributed by atoms with E-state index in [4.69, 9.17) is 5.73 Å². The zero-order chi connectivity index (χ0) is 18.4. The number of nitrogens with two attached hydrogens (primary N) is 1. The van der Waals surface area contributed by atoms with Gasteiger partial charge in [0.05, 0.1) is 18.1 Å². The highest BCUT2D eigenvalue weighted by atomic mass is 32.1. The summed E-state index contributed by atoms with van der Waals surface area (Å²) in [6.07, 6.45) is 4.99. The van der Waals surface area contributed by atoms with E-state index in [2.05, 4.69) is 28.5 Å². The molecule has 2 aromatic heterocycles. The number of nitrogens with zero attached hydrogens (tertiary/aromatic N) is 2. The Morgan fingerprint density at radius 3 is 2.77 bits per heavy atom. The van der Waals surface area contributed by atoms with Crippen molar-refractivity contribution in [1.82, 2.24) is 14.9 Å². The van der Waals surface area contributed by atoms with E-state index in [0.717, 1.165) is 18.7 Å². The molecule has 1 unspecified atom stereocenters. The fraction of sp³-hybridized carbons (Fsp3) is 0.300. The molecule has 3 rings (SSSR count). The van der Waals surface area contributed by atoms with Gasteiger partial charge < -0.3 is 15.6 Å². The first-order valence-corrected chi connectivity index (χ1v) is 9.61. The molecule has 0 aliphatic carbocycles. The first-order valence-electron chi connectivity index (χ1n) is 8.73. The Morgan fingerprint density at radius 1 is 1.23 bits per heavy atom. The van der Waals surface area contributed by atoms with Crippen LogP contribution in [0.15, 0.2) is 60.4 Å². The Balaban J connectivity index is 1.49. The Bertz CT molecular complexity index is 813. The summed E-state index contributed by atoms with van der Waals surface area (Å²) in [6, 6.07) is 13.7. The first kappa shape index (κ1) is 18.4. The fourth-order valence-corrected chi connectivity index (χ4v) is 3.68. The van der Waals surface area contributed by atoms with Gasteiger partial charge in [-0.25, -0.2) is 4.98 Å². The topological polar surface area (TPSA) is 72.9 Å². The van der Waals surface area contributed by atoms with Gasteiger partial charge in [0.2, 0.25) is 5.91 Å². The number of benzene rings is 1. The number of hydrogen-bond donors (Lipinski definition) is 2. The number of imidazole rings is 1. The highest BCUT2D eigenvalue weighted by Gasteiger charge is 2.18. The molecule has 0 saturated heterocycles. The lowest BCUT2D eigenvalue weighted by Crippen LogP contribution is -2.46. The molecule has 0 bridgehead atoms. The lowest BCUT2D eigenvalue weighted by molar-refractivity contribution is -0.122. The lowest BCUT2D eigenvalue weighted by Gasteiger charge is -2.16. The molecule has 3 aromatic rings. The predicted molar refractivity (Wildman–Crippen MR) is 105 cm³/mol. The minimum atomic E-state index is -0.596. The monoisotopic (exact) mass is 368 g/mol. The van der Waals surface area contributed by atoms with Crippen LogP contribution < -0.4 is 11.1 Å². The van der Waals surface area contributed by atoms with E-state index in [1.165, 1.54) is 10.4 Å². The largest absolute Gasteiger partial charge is 0.352 e. The molecule has 0 spiro atoms. The molecule has 1 amide bonds. The lowest BCUT2D eigenvalue weighted by atomic mass is 10.1. The Labute approximate surface area is 157 Å². The molecule has 3 N–H and O–H groups in total. The van der Waals surface area contributed by atoms with Gasteiger partial charge in [-0.05, 0) is 23.9 Å². The molecular formula is C20H24N4OS. The van der Waals surface area contributed by atoms with Gasteiger partial charge in [-0.3, -0.25) is 4.79 Å². The fourth-order valence-electron chi connectivity index (χ4n) is 2.84. The molecule has 0 fully saturated rings. The SMILES string of the molecule is CC(Cc1cccs1)NC(=O)[C@@H](N)Cc1cn(Cc2ccccc2)cn1. The summed E-state index contributed by atoms with van der Waals surface area (Å²) < 4.78 is 2.01. The second-order valence-corrected chi connectivity index (χ2v) is 7.56. The third kappa shape index (κ3) is 5.28. The molecule has 0 aliphatic rings. The van der Waals surface area contributed by atoms with E-state index in [1.54, 1.807) is 17.7 Å². The molecule has 2 heterocycles. The maximum Gasteiger partial charge on any atom is 0.237 e. The van der Waals surface area contributed by atoms with Crippen LogP contribution in [0.2, 0.25) is 0 Å². The van der Waals surface area contributed by atoms with E-state index in [0.29, 0.717) is 6.42 Å². The van der Waals surface area contributed by atoms with Gasteiger partial charge in [-0.2, -0.15) is 0 Å². The van der Waals surface area contributed by atoms with E-state index in [9.17, 15) is 4.79 Å². The summed E-state index contributed by atoms with van der Waals surface area (Å²) in [5.74, 6) is -0.133. The summed E-state index contributed by atoms with van der Waals surface area (Å²) in [6.45, 7) is 2.76. The van der Waals surface area contributed by atoms with Crippen LogP contribution in [0.4, 0.5) is 0 Å². The number of rotatable bonds is 8. The van der Waals surface area contributed by atoms with Crippen LogP contribution in [0.3, 0.4) is 0 Å². The van der Waals surface area contributed by atoms with Crippen LogP contribution >= 0.6 is 11.3 Å². The molecule has 0 saturated carbocycles. The summed E-state index contributed by atoms with van der Waals surface area (Å²) in [5.41, 5.74) is 8.11. The first-order chi connectivity index (χ1) is 12.6. The number of nitrogens with one attached hydrogen (secondary N) is 1. The van der Waals surface area contributed by atoms with Crippen molar-refractivity contribution in [3.8, 4) is 0 Å². The molecule has 1 aromatic carbocycles. The number of hydrogen-bond acceptors (Lipinski definition) is 4. The second kappa shape index (κ2) is 8.78. The molecule has 0 aliphatic heterocycles. The normalized spacial score (nSPS) is 13.3. The number of carbonyl (C=O) groups is 1. The van der Waals surface area contributed by atoms with Crippen molar-refractivity contribution in [2.24, 2.45) is 5.73 Å². The average Bonchev–Trinajstić information content (AvgIpc) is 3.28. The molecule has 0 radical (unpaired) electrons. The number of carbonyl (C=O) groups excluding carboxylic acids is 1. The van der Waals surface area contributed by atoms with Gasteiger partial charge in [-0.1, -0.05) is 36.4 Å². The van der Waals surface area contributed by atoms with Crippen molar-refractivity contribution in [3.05, 3.63) is 76.5 Å². The van der Waals surface area contributed by atoms with Gasteiger partial charge in [0, 0.05) is 36.5 Å². The Hall–Kier alpha value is -2.44. The van der Waals surface area contributed by atoms with Crippen molar-refractivity contribution >= 4 is 17.2 Å². The van der Waals surface area contributed by atoms with Crippen molar-refractivity contribution in [2.75, 3.05) is 0 Å². The van der Waals surface area contributed by atoms with E-state index in [1.807, 2.05) is 47.3 Å². The van der Waals surface area contributed by atoms with Gasteiger partial charge in [0.1, 0.15) is 0 Å². The van der Waals surface area contributed by atoms with Crippen molar-refractivity contribution < 1.29 is 4.79 Å². The summed E-state index contributed by atoms with van der Waals surface area (Å²) in [4.78, 5) is 18.0. The number of thiophene rings is 1. The molecule has 26 heavy (non-hydrogen) atoms. The van der Waals surface area contributed by atoms with E-state index >= 15 is 0 Å². The summed E-state index contributed by atoms with van der Waals surface area (Å²) >= 11 is 1.70. The predicted octanol–water partition coefficient (Wildman–Crippen LogP) is 2.61. The summed E-state index contributed by atoms with van der Waals surface area (Å²) in [7, 11) is 0. The highest BCUT2D eigenvalue weighted by molar-refractivity contribution is 7.09. The van der Waals surface area contributed by atoms with Gasteiger partial charge in [0.15, 0.2) is 0 Å². The second-order valence-electron chi connectivity index (χ2n) is 6.53. The van der Waals surface area contributed by atoms with Gasteiger partial charge in [-0.15, -0.1) is 11.3 Å². The quantitative estimate of drug-likeness (QED) is 0.642. The molecule has 5 nitrogen and oxygen atoms in total. The van der Waals surface area contributed by atoms with Crippen LogP contribution in [-0.2, 0) is 24.2 Å². The van der Waals surface area contributed by atoms with E-state index in [-0.39, 0.29) is 11.9 Å². The van der Waals surface area contributed by atoms with Crippen molar-refractivity contribution in [3.63, 3.8) is 0 Å². The number of amides is 1. The Kier molecular flexibility index (Phi) is 6.20. The third-order valence-corrected chi connectivity index (χ3v) is 5.04. The van der Waals surface area contributed by atoms with E-state index < -0.39 is 6.04 Å². The maximum absolute atomic E-state index is 12.3. The zero-order valence-electron chi connectivity index (χ0n) is 14.8. The smallest absolute Gasteiger partial charge is 0.237 e. The van der Waals surface area contributed by atoms with Crippen LogP contribution in [0.1, 0.15) is 23.1 Å². The number of aromatic nitrogens is 2. The summed E-state index contributed by atoms with van der Waals surface area (Å²) in [5, 5.41) is 5.04. The average molecular weight is 369 g/mol. The minimum Gasteiger partial charge on any atom is -0.352 e. The van der Waals surface area contributed by atoms with Crippen LogP contribution in [0.25, 0.3) is 0 Å². The molecule has 136 valence electrons. The van der Waals surface area contributed by atoms with Crippen LogP contribution in [0.5, 0.6) is 0 Å². The highest BCUT2D eigenvalue weighted by Crippen LogP contribution is 2.11. The van der Waals surface area contributed by atoms with Crippen molar-refractivity contribution in [2.45, 2.75) is 38.4 Å². The van der Waals surface area contributed by atoms with Gasteiger partial charge >= 0.3 is 0 Å². The van der Waals surface area contributed by atoms with Crippen LogP contribution in [0, 0.1) is 0 Å². The molecular weight excluding hydrogens is 344 g/mol. The van der Waals surface area contributed by atoms with Gasteiger partial charge in [0.25, 0.3) is 0 Å². The maximum atomic E-state index is 12.3. The van der Waals surface area contributed by atoms with Crippen LogP contribution in [-0.4, -0.2) is 27.5 Å². The molecule has 2 atom stereocenters. The minimum absolute atomic E-state index is 0.0582. The van der Waals surface area contributed by atoms with Crippen molar-refractivity contribution in [1.29, 1.82) is 0 Å². The molecule has 6 heteroatoms. The Morgan fingerprint density at radius 2 is 2.04 bits per heavy atom.